The molecular weight excluding hydrogens is 394 g/mol. The van der Waals surface area contributed by atoms with Crippen LogP contribution in [0.5, 0.6) is 0 Å². The molecule has 0 N–H and O–H groups in total. The van der Waals surface area contributed by atoms with E-state index in [4.69, 9.17) is 11.6 Å². The molecule has 0 saturated carbocycles. The summed E-state index contributed by atoms with van der Waals surface area (Å²) in [4.78, 5) is 36.6. The lowest BCUT2D eigenvalue weighted by molar-refractivity contribution is 0.0929. The molecule has 0 bridgehead atoms. The van der Waals surface area contributed by atoms with Crippen molar-refractivity contribution in [1.29, 1.82) is 0 Å². The zero-order valence-electron chi connectivity index (χ0n) is 11.9. The molecule has 0 amide bonds. The molecule has 1 unspecified atom stereocenters. The molecule has 0 radical (unpaired) electrons. The van der Waals surface area contributed by atoms with E-state index in [0.29, 0.717) is 4.47 Å². The normalized spacial score (nSPS) is 12.5. The number of halogens is 2. The third kappa shape index (κ3) is 2.62. The molecule has 8 heteroatoms. The highest BCUT2D eigenvalue weighted by molar-refractivity contribution is 9.10. The van der Waals surface area contributed by atoms with E-state index in [2.05, 4.69) is 15.9 Å². The summed E-state index contributed by atoms with van der Waals surface area (Å²) in [7, 11) is 0. The molecule has 1 aromatic heterocycles. The summed E-state index contributed by atoms with van der Waals surface area (Å²) < 4.78 is 13.6. The monoisotopic (exact) mass is 403 g/mol. The Bertz CT molecular complexity index is 875. The van der Waals surface area contributed by atoms with Crippen LogP contribution in [0.15, 0.2) is 26.4 Å². The highest BCUT2D eigenvalue weighted by Crippen LogP contribution is 2.31. The molecule has 5 nitrogen and oxygen atoms in total. The van der Waals surface area contributed by atoms with E-state index in [1.54, 1.807) is 6.07 Å². The van der Waals surface area contributed by atoms with E-state index in [1.165, 1.54) is 26.2 Å². The number of hydrogen-bond donors (Lipinski definition) is 0. The summed E-state index contributed by atoms with van der Waals surface area (Å²) in [6.45, 7) is 2.45. The fraction of sp³-hybridized carbons (Fsp3) is 0.214. The fourth-order valence-corrected chi connectivity index (χ4v) is 4.04. The van der Waals surface area contributed by atoms with Gasteiger partial charge in [-0.05, 0) is 35.0 Å². The first-order valence-corrected chi connectivity index (χ1v) is 8.83. The van der Waals surface area contributed by atoms with Gasteiger partial charge < -0.3 is 4.55 Å². The molecule has 116 valence electrons. The van der Waals surface area contributed by atoms with Crippen LogP contribution in [0.25, 0.3) is 10.9 Å². The van der Waals surface area contributed by atoms with Crippen LogP contribution >= 0.6 is 27.5 Å². The lowest BCUT2D eigenvalue weighted by Gasteiger charge is -2.18. The number of carbonyl (C=O) groups excluding carboxylic acids is 2. The Morgan fingerprint density at radius 2 is 1.91 bits per heavy atom. The number of hydrogen-bond acceptors (Lipinski definition) is 4. The Morgan fingerprint density at radius 1 is 1.32 bits per heavy atom. The summed E-state index contributed by atoms with van der Waals surface area (Å²) in [6, 6.07) is 3.08. The number of carbonyl (C=O) groups is 2. The largest absolute Gasteiger partial charge is 0.610 e. The topological polar surface area (TPSA) is 79.2 Å². The number of ketones is 1. The number of benzene rings is 1. The van der Waals surface area contributed by atoms with Crippen molar-refractivity contribution in [1.82, 2.24) is 4.57 Å². The molecule has 1 heterocycles. The van der Waals surface area contributed by atoms with Gasteiger partial charge in [0, 0.05) is 22.6 Å². The molecule has 2 rings (SSSR count). The van der Waals surface area contributed by atoms with Crippen LogP contribution in [0.3, 0.4) is 0 Å². The van der Waals surface area contributed by atoms with Crippen LogP contribution in [0.2, 0.25) is 5.02 Å². The van der Waals surface area contributed by atoms with Crippen molar-refractivity contribution in [2.24, 2.45) is 0 Å². The van der Waals surface area contributed by atoms with E-state index in [-0.39, 0.29) is 26.5 Å². The number of pyridine rings is 1. The summed E-state index contributed by atoms with van der Waals surface area (Å²) in [6.07, 6.45) is 1.31. The molecule has 0 aliphatic rings. The maximum absolute atomic E-state index is 12.7. The van der Waals surface area contributed by atoms with Gasteiger partial charge in [0.1, 0.15) is 11.8 Å². The molecule has 1 aromatic carbocycles. The van der Waals surface area contributed by atoms with Crippen molar-refractivity contribution in [2.75, 3.05) is 6.26 Å². The van der Waals surface area contributed by atoms with Gasteiger partial charge in [0.05, 0.1) is 15.9 Å². The molecule has 2 aromatic rings. The zero-order valence-corrected chi connectivity index (χ0v) is 15.1. The summed E-state index contributed by atoms with van der Waals surface area (Å²) in [5, 5.41) is 0.0558. The Kier molecular flexibility index (Phi) is 4.81. The maximum atomic E-state index is 12.7. The molecule has 0 aliphatic heterocycles. The van der Waals surface area contributed by atoms with Gasteiger partial charge in [-0.3, -0.25) is 14.4 Å². The molecule has 0 spiro atoms. The van der Waals surface area contributed by atoms with Crippen LogP contribution in [0, 0.1) is 0 Å². The van der Waals surface area contributed by atoms with Gasteiger partial charge >= 0.3 is 0 Å². The van der Waals surface area contributed by atoms with E-state index in [0.717, 1.165) is 4.57 Å². The summed E-state index contributed by atoms with van der Waals surface area (Å²) >= 11 is 7.64. The average Bonchev–Trinajstić information content (AvgIpc) is 2.40. The minimum atomic E-state index is -1.72. The van der Waals surface area contributed by atoms with Crippen LogP contribution in [-0.4, -0.2) is 27.1 Å². The van der Waals surface area contributed by atoms with Gasteiger partial charge in [-0.1, -0.05) is 11.6 Å². The van der Waals surface area contributed by atoms with Crippen molar-refractivity contribution in [3.63, 3.8) is 0 Å². The average molecular weight is 405 g/mol. The Hall–Kier alpha value is -1.15. The number of nitrogens with zero attached hydrogens (tertiary/aromatic N) is 1. The predicted octanol–water partition coefficient (Wildman–Crippen LogP) is 3.02. The predicted molar refractivity (Wildman–Crippen MR) is 89.6 cm³/mol. The van der Waals surface area contributed by atoms with Crippen molar-refractivity contribution < 1.29 is 14.1 Å². The van der Waals surface area contributed by atoms with Crippen LogP contribution < -0.4 is 5.43 Å². The molecule has 0 aliphatic carbocycles. The number of rotatable bonds is 2. The van der Waals surface area contributed by atoms with E-state index < -0.39 is 28.3 Å². The lowest BCUT2D eigenvalue weighted by Crippen LogP contribution is -2.28. The SMILES string of the molecule is CC(=O)c1c([S+](C)[O-])n(C(C)=O)c2c(Br)ccc(Cl)c2c1=O. The first-order chi connectivity index (χ1) is 10.2. The molecule has 0 saturated heterocycles. The van der Waals surface area contributed by atoms with E-state index in [1.807, 2.05) is 0 Å². The highest BCUT2D eigenvalue weighted by Gasteiger charge is 2.30. The Labute approximate surface area is 142 Å². The number of aromatic nitrogens is 1. The highest BCUT2D eigenvalue weighted by atomic mass is 79.9. The minimum absolute atomic E-state index is 0.0469. The van der Waals surface area contributed by atoms with Gasteiger partial charge in [-0.15, -0.1) is 0 Å². The van der Waals surface area contributed by atoms with E-state index >= 15 is 0 Å². The van der Waals surface area contributed by atoms with Crippen LogP contribution in [0.4, 0.5) is 0 Å². The fourth-order valence-electron chi connectivity index (χ4n) is 2.29. The van der Waals surface area contributed by atoms with Gasteiger partial charge in [0.2, 0.25) is 16.4 Å². The van der Waals surface area contributed by atoms with Crippen molar-refractivity contribution in [2.45, 2.75) is 18.9 Å². The standard InChI is InChI=1S/C14H11BrClNO4S/c1-6(18)10-13(20)11-9(16)5-4-8(15)12(11)17(7(2)19)14(10)22(3)21/h4-5H,1-3H3. The Morgan fingerprint density at radius 3 is 2.36 bits per heavy atom. The van der Waals surface area contributed by atoms with E-state index in [9.17, 15) is 18.9 Å². The smallest absolute Gasteiger partial charge is 0.247 e. The summed E-state index contributed by atoms with van der Waals surface area (Å²) in [5.41, 5.74) is -0.694. The van der Waals surface area contributed by atoms with Crippen molar-refractivity contribution in [3.05, 3.63) is 37.4 Å². The number of fused-ring (bicyclic) bond motifs is 1. The van der Waals surface area contributed by atoms with Gasteiger partial charge in [0.25, 0.3) is 0 Å². The van der Waals surface area contributed by atoms with Crippen molar-refractivity contribution >= 4 is 61.3 Å². The summed E-state index contributed by atoms with van der Waals surface area (Å²) in [5.74, 6) is -1.04. The third-order valence-electron chi connectivity index (χ3n) is 3.11. The van der Waals surface area contributed by atoms with Crippen molar-refractivity contribution in [3.8, 4) is 0 Å². The lowest BCUT2D eigenvalue weighted by atomic mass is 10.1. The second-order valence-electron chi connectivity index (χ2n) is 4.63. The minimum Gasteiger partial charge on any atom is -0.610 e. The Balaban J connectivity index is 3.30. The van der Waals surface area contributed by atoms with Crippen LogP contribution in [-0.2, 0) is 11.2 Å². The zero-order chi connectivity index (χ0) is 16.8. The second-order valence-corrected chi connectivity index (χ2v) is 7.18. The first-order valence-electron chi connectivity index (χ1n) is 6.10. The van der Waals surface area contributed by atoms with Gasteiger partial charge in [0.15, 0.2) is 5.78 Å². The molecule has 1 atom stereocenters. The number of Topliss-reactive ketones (excluding diaryl/α,β-unsaturated/α-hetero) is 1. The maximum Gasteiger partial charge on any atom is 0.247 e. The molecular formula is C14H11BrClNO4S. The van der Waals surface area contributed by atoms with Crippen LogP contribution in [0.1, 0.15) is 29.0 Å². The third-order valence-corrected chi connectivity index (χ3v) is 5.00. The second kappa shape index (κ2) is 6.16. The quantitative estimate of drug-likeness (QED) is 0.569. The van der Waals surface area contributed by atoms with Gasteiger partial charge in [-0.2, -0.15) is 0 Å². The molecule has 0 fully saturated rings. The first kappa shape index (κ1) is 17.2. The molecule has 22 heavy (non-hydrogen) atoms. The van der Waals surface area contributed by atoms with Gasteiger partial charge in [-0.25, -0.2) is 4.57 Å².